The van der Waals surface area contributed by atoms with Crippen LogP contribution in [0.1, 0.15) is 5.56 Å². The number of hydrogen-bond donors (Lipinski definition) is 2. The molecule has 0 bridgehead atoms. The Morgan fingerprint density at radius 1 is 1.33 bits per heavy atom. The fourth-order valence-corrected chi connectivity index (χ4v) is 0.956. The van der Waals surface area contributed by atoms with Crippen molar-refractivity contribution < 1.29 is 22.4 Å². The third kappa shape index (κ3) is 3.07. The van der Waals surface area contributed by atoms with Gasteiger partial charge in [-0.05, 0) is 18.2 Å². The van der Waals surface area contributed by atoms with Crippen molar-refractivity contribution >= 4 is 5.69 Å². The second-order valence-corrected chi connectivity index (χ2v) is 2.68. The van der Waals surface area contributed by atoms with Crippen LogP contribution in [0.15, 0.2) is 18.2 Å². The van der Waals surface area contributed by atoms with Crippen LogP contribution in [-0.2, 0) is 11.0 Å². The standard InChI is InChI=1S/C8H8F4N2O/c9-6-2-1-5(8(10,11)12)3-7(6)14-4-15-13/h1-3,14H,4,13H2. The van der Waals surface area contributed by atoms with Crippen LogP contribution < -0.4 is 11.2 Å². The van der Waals surface area contributed by atoms with Gasteiger partial charge >= 0.3 is 6.18 Å². The van der Waals surface area contributed by atoms with Crippen molar-refractivity contribution in [2.45, 2.75) is 6.18 Å². The SMILES string of the molecule is NOCNc1cc(C(F)(F)F)ccc1F. The van der Waals surface area contributed by atoms with Crippen LogP contribution in [0.25, 0.3) is 0 Å². The summed E-state index contributed by atoms with van der Waals surface area (Å²) in [6.07, 6.45) is -4.51. The molecule has 0 aliphatic carbocycles. The first-order valence-corrected chi connectivity index (χ1v) is 3.87. The topological polar surface area (TPSA) is 47.3 Å². The van der Waals surface area contributed by atoms with Crippen molar-refractivity contribution in [3.8, 4) is 0 Å². The van der Waals surface area contributed by atoms with Crippen molar-refractivity contribution in [2.24, 2.45) is 5.90 Å². The molecule has 0 fully saturated rings. The molecule has 7 heteroatoms. The van der Waals surface area contributed by atoms with Crippen LogP contribution in [0.4, 0.5) is 23.2 Å². The van der Waals surface area contributed by atoms with Gasteiger partial charge in [-0.15, -0.1) is 0 Å². The molecule has 0 radical (unpaired) electrons. The van der Waals surface area contributed by atoms with E-state index in [0.29, 0.717) is 12.1 Å². The highest BCUT2D eigenvalue weighted by Crippen LogP contribution is 2.31. The molecular weight excluding hydrogens is 216 g/mol. The van der Waals surface area contributed by atoms with E-state index >= 15 is 0 Å². The zero-order valence-corrected chi connectivity index (χ0v) is 7.44. The number of anilines is 1. The molecule has 1 rings (SSSR count). The minimum absolute atomic E-state index is 0.280. The summed E-state index contributed by atoms with van der Waals surface area (Å²) in [6, 6.07) is 2.03. The van der Waals surface area contributed by atoms with Gasteiger partial charge in [0.05, 0.1) is 11.3 Å². The van der Waals surface area contributed by atoms with Crippen LogP contribution in [0.3, 0.4) is 0 Å². The van der Waals surface area contributed by atoms with E-state index in [0.717, 1.165) is 6.07 Å². The van der Waals surface area contributed by atoms with E-state index in [1.807, 2.05) is 0 Å². The Morgan fingerprint density at radius 2 is 2.00 bits per heavy atom. The summed E-state index contributed by atoms with van der Waals surface area (Å²) in [5.41, 5.74) is -1.25. The summed E-state index contributed by atoms with van der Waals surface area (Å²) in [6.45, 7) is -0.280. The molecule has 0 aliphatic rings. The molecule has 0 aromatic heterocycles. The lowest BCUT2D eigenvalue weighted by atomic mass is 10.2. The van der Waals surface area contributed by atoms with E-state index in [-0.39, 0.29) is 12.4 Å². The van der Waals surface area contributed by atoms with E-state index < -0.39 is 17.6 Å². The molecule has 1 aromatic carbocycles. The molecular formula is C8H8F4N2O. The molecule has 15 heavy (non-hydrogen) atoms. The fourth-order valence-electron chi connectivity index (χ4n) is 0.956. The summed E-state index contributed by atoms with van der Waals surface area (Å²) < 4.78 is 49.6. The van der Waals surface area contributed by atoms with Crippen LogP contribution >= 0.6 is 0 Å². The molecule has 3 N–H and O–H groups in total. The summed E-state index contributed by atoms with van der Waals surface area (Å²) in [7, 11) is 0. The van der Waals surface area contributed by atoms with Crippen molar-refractivity contribution in [3.05, 3.63) is 29.6 Å². The Kier molecular flexibility index (Phi) is 3.48. The summed E-state index contributed by atoms with van der Waals surface area (Å²) in [5.74, 6) is 3.84. The predicted molar refractivity (Wildman–Crippen MR) is 45.2 cm³/mol. The first-order valence-electron chi connectivity index (χ1n) is 3.87. The Morgan fingerprint density at radius 3 is 2.53 bits per heavy atom. The van der Waals surface area contributed by atoms with E-state index in [1.54, 1.807) is 0 Å². The summed E-state index contributed by atoms with van der Waals surface area (Å²) in [5, 5.41) is 2.25. The lowest BCUT2D eigenvalue weighted by molar-refractivity contribution is -0.137. The first kappa shape index (κ1) is 11.7. The number of halogens is 4. The third-order valence-electron chi connectivity index (χ3n) is 1.64. The molecule has 0 amide bonds. The maximum absolute atomic E-state index is 13.0. The van der Waals surface area contributed by atoms with Crippen molar-refractivity contribution in [1.82, 2.24) is 0 Å². The molecule has 0 aliphatic heterocycles. The number of hydrogen-bond acceptors (Lipinski definition) is 3. The monoisotopic (exact) mass is 224 g/mol. The van der Waals surface area contributed by atoms with E-state index in [1.165, 1.54) is 0 Å². The largest absolute Gasteiger partial charge is 0.416 e. The number of nitrogens with one attached hydrogen (secondary N) is 1. The fraction of sp³-hybridized carbons (Fsp3) is 0.250. The second-order valence-electron chi connectivity index (χ2n) is 2.68. The van der Waals surface area contributed by atoms with Gasteiger partial charge in [0.15, 0.2) is 0 Å². The maximum Gasteiger partial charge on any atom is 0.416 e. The number of alkyl halides is 3. The molecule has 0 saturated heterocycles. The smallest absolute Gasteiger partial charge is 0.359 e. The normalized spacial score (nSPS) is 11.5. The highest BCUT2D eigenvalue weighted by molar-refractivity contribution is 5.47. The van der Waals surface area contributed by atoms with E-state index in [9.17, 15) is 17.6 Å². The molecule has 0 unspecified atom stereocenters. The zero-order chi connectivity index (χ0) is 11.5. The Bertz CT molecular complexity index is 340. The van der Waals surface area contributed by atoms with Gasteiger partial charge in [-0.2, -0.15) is 13.2 Å². The maximum atomic E-state index is 13.0. The molecule has 3 nitrogen and oxygen atoms in total. The van der Waals surface area contributed by atoms with Crippen molar-refractivity contribution in [3.63, 3.8) is 0 Å². The average Bonchev–Trinajstić information content (AvgIpc) is 2.15. The molecule has 0 atom stereocenters. The minimum Gasteiger partial charge on any atom is -0.359 e. The van der Waals surface area contributed by atoms with Gasteiger partial charge in [0, 0.05) is 0 Å². The number of nitrogens with two attached hydrogens (primary N) is 1. The Hall–Kier alpha value is -1.34. The van der Waals surface area contributed by atoms with Crippen LogP contribution in [0.2, 0.25) is 0 Å². The molecule has 0 saturated carbocycles. The van der Waals surface area contributed by atoms with Gasteiger partial charge in [-0.25, -0.2) is 10.3 Å². The highest BCUT2D eigenvalue weighted by Gasteiger charge is 2.31. The minimum atomic E-state index is -4.51. The third-order valence-corrected chi connectivity index (χ3v) is 1.64. The molecule has 84 valence electrons. The van der Waals surface area contributed by atoms with Crippen LogP contribution in [0, 0.1) is 5.82 Å². The zero-order valence-electron chi connectivity index (χ0n) is 7.44. The lowest BCUT2D eigenvalue weighted by Gasteiger charge is -2.10. The van der Waals surface area contributed by atoms with Gasteiger partial charge in [0.1, 0.15) is 12.5 Å². The average molecular weight is 224 g/mol. The van der Waals surface area contributed by atoms with Crippen LogP contribution in [0.5, 0.6) is 0 Å². The predicted octanol–water partition coefficient (Wildman–Crippen LogP) is 2.10. The van der Waals surface area contributed by atoms with Gasteiger partial charge in [0.25, 0.3) is 0 Å². The number of rotatable bonds is 3. The van der Waals surface area contributed by atoms with Crippen molar-refractivity contribution in [2.75, 3.05) is 12.0 Å². The van der Waals surface area contributed by atoms with Crippen molar-refractivity contribution in [1.29, 1.82) is 0 Å². The van der Waals surface area contributed by atoms with Gasteiger partial charge in [-0.3, -0.25) is 4.84 Å². The van der Waals surface area contributed by atoms with Gasteiger partial charge < -0.3 is 5.32 Å². The van der Waals surface area contributed by atoms with Gasteiger partial charge in [-0.1, -0.05) is 0 Å². The molecule has 0 heterocycles. The summed E-state index contributed by atoms with van der Waals surface area (Å²) >= 11 is 0. The van der Waals surface area contributed by atoms with Crippen LogP contribution in [-0.4, -0.2) is 6.73 Å². The quantitative estimate of drug-likeness (QED) is 0.469. The second kappa shape index (κ2) is 4.45. The van der Waals surface area contributed by atoms with E-state index in [4.69, 9.17) is 0 Å². The first-order chi connectivity index (χ1) is 6.95. The summed E-state index contributed by atoms with van der Waals surface area (Å²) in [4.78, 5) is 4.07. The Balaban J connectivity index is 2.95. The Labute approximate surface area is 82.8 Å². The number of benzene rings is 1. The molecule has 1 aromatic rings. The highest BCUT2D eigenvalue weighted by atomic mass is 19.4. The van der Waals surface area contributed by atoms with E-state index in [2.05, 4.69) is 16.1 Å². The van der Waals surface area contributed by atoms with Gasteiger partial charge in [0.2, 0.25) is 0 Å². The molecule has 0 spiro atoms. The lowest BCUT2D eigenvalue weighted by Crippen LogP contribution is -2.12.